The highest BCUT2D eigenvalue weighted by atomic mass is 16.5. The van der Waals surface area contributed by atoms with Gasteiger partial charge in [0.15, 0.2) is 0 Å². The number of nitrogen functional groups attached to an aromatic ring is 1. The van der Waals surface area contributed by atoms with Crippen molar-refractivity contribution in [3.63, 3.8) is 0 Å². The van der Waals surface area contributed by atoms with E-state index in [0.717, 1.165) is 5.69 Å². The first-order valence-electron chi connectivity index (χ1n) is 6.59. The summed E-state index contributed by atoms with van der Waals surface area (Å²) >= 11 is 0. The van der Waals surface area contributed by atoms with E-state index in [-0.39, 0.29) is 17.4 Å². The van der Waals surface area contributed by atoms with E-state index >= 15 is 0 Å². The van der Waals surface area contributed by atoms with Crippen molar-refractivity contribution in [3.8, 4) is 0 Å². The van der Waals surface area contributed by atoms with Crippen molar-refractivity contribution < 1.29 is 9.53 Å². The van der Waals surface area contributed by atoms with Crippen molar-refractivity contribution >= 4 is 17.3 Å². The van der Waals surface area contributed by atoms with Crippen molar-refractivity contribution in [2.24, 2.45) is 5.41 Å². The Morgan fingerprint density at radius 3 is 2.58 bits per heavy atom. The molecule has 0 spiro atoms. The molecule has 0 saturated heterocycles. The van der Waals surface area contributed by atoms with Gasteiger partial charge in [0, 0.05) is 17.4 Å². The molecule has 0 aliphatic rings. The summed E-state index contributed by atoms with van der Waals surface area (Å²) < 4.78 is 4.99. The molecule has 4 heteroatoms. The molecule has 0 saturated carbocycles. The van der Waals surface area contributed by atoms with Crippen LogP contribution in [0, 0.1) is 5.41 Å². The lowest BCUT2D eigenvalue weighted by Crippen LogP contribution is -2.30. The quantitative estimate of drug-likeness (QED) is 0.647. The summed E-state index contributed by atoms with van der Waals surface area (Å²) in [5, 5.41) is 3.38. The maximum atomic E-state index is 11.8. The first-order chi connectivity index (χ1) is 8.75. The van der Waals surface area contributed by atoms with Gasteiger partial charge in [-0.2, -0.15) is 0 Å². The van der Waals surface area contributed by atoms with Gasteiger partial charge in [-0.05, 0) is 37.5 Å². The van der Waals surface area contributed by atoms with Crippen LogP contribution >= 0.6 is 0 Å². The van der Waals surface area contributed by atoms with Gasteiger partial charge >= 0.3 is 5.97 Å². The molecule has 106 valence electrons. The molecule has 0 radical (unpaired) electrons. The Balaban J connectivity index is 2.93. The normalized spacial score (nSPS) is 12.9. The highest BCUT2D eigenvalue weighted by Gasteiger charge is 2.20. The fraction of sp³-hybridized carbons (Fsp3) is 0.533. The summed E-state index contributed by atoms with van der Waals surface area (Å²) in [5.74, 6) is -0.382. The molecule has 1 rings (SSSR count). The number of benzene rings is 1. The van der Waals surface area contributed by atoms with Gasteiger partial charge in [-0.15, -0.1) is 0 Å². The zero-order chi connectivity index (χ0) is 14.6. The fourth-order valence-electron chi connectivity index (χ4n) is 1.50. The van der Waals surface area contributed by atoms with E-state index in [2.05, 4.69) is 33.0 Å². The van der Waals surface area contributed by atoms with Crippen LogP contribution in [0.15, 0.2) is 18.2 Å². The number of nitrogens with two attached hydrogens (primary N) is 1. The number of anilines is 2. The summed E-state index contributed by atoms with van der Waals surface area (Å²) in [7, 11) is 0. The van der Waals surface area contributed by atoms with Gasteiger partial charge < -0.3 is 15.8 Å². The number of rotatable bonds is 4. The van der Waals surface area contributed by atoms with Crippen LogP contribution in [-0.4, -0.2) is 18.6 Å². The third kappa shape index (κ3) is 4.16. The number of ether oxygens (including phenoxy) is 1. The van der Waals surface area contributed by atoms with Gasteiger partial charge in [0.1, 0.15) is 0 Å². The van der Waals surface area contributed by atoms with Crippen LogP contribution in [0.1, 0.15) is 45.0 Å². The average molecular weight is 264 g/mol. The highest BCUT2D eigenvalue weighted by Crippen LogP contribution is 2.25. The van der Waals surface area contributed by atoms with E-state index in [0.29, 0.717) is 17.9 Å². The lowest BCUT2D eigenvalue weighted by Gasteiger charge is -2.29. The Labute approximate surface area is 115 Å². The standard InChI is InChI=1S/C15H24N2O2/c1-6-19-14(18)12-9-11(7-8-13(12)16)17-10(2)15(3,4)5/h7-10,17H,6,16H2,1-5H3. The molecule has 0 amide bonds. The Morgan fingerprint density at radius 1 is 1.42 bits per heavy atom. The number of carbonyl (C=O) groups is 1. The smallest absolute Gasteiger partial charge is 0.340 e. The van der Waals surface area contributed by atoms with Crippen LogP contribution in [0.3, 0.4) is 0 Å². The first-order valence-corrected chi connectivity index (χ1v) is 6.59. The Hall–Kier alpha value is -1.71. The second-order valence-electron chi connectivity index (χ2n) is 5.75. The molecule has 0 fully saturated rings. The minimum atomic E-state index is -0.382. The predicted octanol–water partition coefficient (Wildman–Crippen LogP) is 3.29. The average Bonchev–Trinajstić information content (AvgIpc) is 2.30. The van der Waals surface area contributed by atoms with Crippen LogP contribution in [-0.2, 0) is 4.74 Å². The van der Waals surface area contributed by atoms with Crippen molar-refractivity contribution in [1.29, 1.82) is 0 Å². The van der Waals surface area contributed by atoms with E-state index in [4.69, 9.17) is 10.5 Å². The van der Waals surface area contributed by atoms with Crippen molar-refractivity contribution in [2.45, 2.75) is 40.7 Å². The van der Waals surface area contributed by atoms with Crippen LogP contribution in [0.5, 0.6) is 0 Å². The number of nitrogens with one attached hydrogen (secondary N) is 1. The molecule has 0 aliphatic heterocycles. The molecule has 1 atom stereocenters. The van der Waals surface area contributed by atoms with Crippen LogP contribution in [0.4, 0.5) is 11.4 Å². The molecule has 0 aromatic heterocycles. The van der Waals surface area contributed by atoms with Crippen molar-refractivity contribution in [2.75, 3.05) is 17.7 Å². The van der Waals surface area contributed by atoms with E-state index in [9.17, 15) is 4.79 Å². The molecule has 3 N–H and O–H groups in total. The highest BCUT2D eigenvalue weighted by molar-refractivity contribution is 5.96. The minimum Gasteiger partial charge on any atom is -0.462 e. The minimum absolute atomic E-state index is 0.130. The Morgan fingerprint density at radius 2 is 2.05 bits per heavy atom. The molecule has 0 bridgehead atoms. The molecule has 0 aliphatic carbocycles. The fourth-order valence-corrected chi connectivity index (χ4v) is 1.50. The molecule has 0 heterocycles. The maximum absolute atomic E-state index is 11.8. The number of hydrogen-bond acceptors (Lipinski definition) is 4. The Kier molecular flexibility index (Phi) is 4.81. The zero-order valence-corrected chi connectivity index (χ0v) is 12.4. The lowest BCUT2D eigenvalue weighted by molar-refractivity contribution is 0.0527. The van der Waals surface area contributed by atoms with Crippen molar-refractivity contribution in [3.05, 3.63) is 23.8 Å². The first kappa shape index (κ1) is 15.3. The number of esters is 1. The number of carbonyl (C=O) groups excluding carboxylic acids is 1. The third-order valence-electron chi connectivity index (χ3n) is 3.23. The summed E-state index contributed by atoms with van der Waals surface area (Å²) in [6.07, 6.45) is 0. The van der Waals surface area contributed by atoms with Gasteiger partial charge in [-0.1, -0.05) is 20.8 Å². The second kappa shape index (κ2) is 5.95. The molecular formula is C15H24N2O2. The van der Waals surface area contributed by atoms with Gasteiger partial charge in [0.05, 0.1) is 12.2 Å². The van der Waals surface area contributed by atoms with Crippen molar-refractivity contribution in [1.82, 2.24) is 0 Å². The molecule has 1 aromatic rings. The van der Waals surface area contributed by atoms with Crippen LogP contribution in [0.25, 0.3) is 0 Å². The number of hydrogen-bond donors (Lipinski definition) is 2. The van der Waals surface area contributed by atoms with Gasteiger partial charge in [0.2, 0.25) is 0 Å². The second-order valence-corrected chi connectivity index (χ2v) is 5.75. The van der Waals surface area contributed by atoms with E-state index < -0.39 is 0 Å². The zero-order valence-electron chi connectivity index (χ0n) is 12.4. The summed E-state index contributed by atoms with van der Waals surface area (Å²) in [6, 6.07) is 5.62. The van der Waals surface area contributed by atoms with Crippen LogP contribution < -0.4 is 11.1 Å². The molecular weight excluding hydrogens is 240 g/mol. The predicted molar refractivity (Wildman–Crippen MR) is 79.4 cm³/mol. The molecule has 1 aromatic carbocycles. The largest absolute Gasteiger partial charge is 0.462 e. The maximum Gasteiger partial charge on any atom is 0.340 e. The SMILES string of the molecule is CCOC(=O)c1cc(NC(C)C(C)(C)C)ccc1N. The molecule has 1 unspecified atom stereocenters. The van der Waals surface area contributed by atoms with E-state index in [1.807, 2.05) is 6.07 Å². The summed E-state index contributed by atoms with van der Waals surface area (Å²) in [6.45, 7) is 10.7. The van der Waals surface area contributed by atoms with E-state index in [1.54, 1.807) is 19.1 Å². The van der Waals surface area contributed by atoms with E-state index in [1.165, 1.54) is 0 Å². The molecule has 4 nitrogen and oxygen atoms in total. The molecule has 19 heavy (non-hydrogen) atoms. The summed E-state index contributed by atoms with van der Waals surface area (Å²) in [4.78, 5) is 11.8. The third-order valence-corrected chi connectivity index (χ3v) is 3.23. The van der Waals surface area contributed by atoms with Gasteiger partial charge in [0.25, 0.3) is 0 Å². The Bertz CT molecular complexity index is 450. The topological polar surface area (TPSA) is 64.3 Å². The van der Waals surface area contributed by atoms with Gasteiger partial charge in [-0.3, -0.25) is 0 Å². The van der Waals surface area contributed by atoms with Crippen LogP contribution in [0.2, 0.25) is 0 Å². The summed E-state index contributed by atoms with van der Waals surface area (Å²) in [5.41, 5.74) is 7.66. The lowest BCUT2D eigenvalue weighted by atomic mass is 9.88. The van der Waals surface area contributed by atoms with Gasteiger partial charge in [-0.25, -0.2) is 4.79 Å². The monoisotopic (exact) mass is 264 g/mol.